The van der Waals surface area contributed by atoms with E-state index in [1.54, 1.807) is 6.92 Å². The van der Waals surface area contributed by atoms with Crippen LogP contribution >= 0.6 is 0 Å². The molecule has 2 aliphatic rings. The minimum Gasteiger partial charge on any atom is -0.352 e. The Morgan fingerprint density at radius 2 is 1.76 bits per heavy atom. The Hall–Kier alpha value is -1.39. The van der Waals surface area contributed by atoms with Crippen molar-refractivity contribution in [3.05, 3.63) is 0 Å². The first-order valence-electron chi connectivity index (χ1n) is 6.25. The summed E-state index contributed by atoms with van der Waals surface area (Å²) >= 11 is 0. The molecule has 2 rings (SSSR count). The second-order valence-electron chi connectivity index (χ2n) is 4.82. The van der Waals surface area contributed by atoms with Crippen molar-refractivity contribution in [1.82, 2.24) is 10.2 Å². The molecule has 1 saturated carbocycles. The Bertz CT molecular complexity index is 332. The van der Waals surface area contributed by atoms with Crippen LogP contribution in [0.1, 0.15) is 45.4 Å². The molecule has 0 bridgehead atoms. The molecule has 0 aromatic heterocycles. The van der Waals surface area contributed by atoms with Crippen molar-refractivity contribution in [2.45, 2.75) is 57.5 Å². The van der Waals surface area contributed by atoms with Gasteiger partial charge in [0, 0.05) is 18.9 Å². The normalized spacial score (nSPS) is 23.2. The van der Waals surface area contributed by atoms with Crippen molar-refractivity contribution < 1.29 is 14.4 Å². The Morgan fingerprint density at radius 3 is 2.29 bits per heavy atom. The van der Waals surface area contributed by atoms with Crippen LogP contribution in [0.25, 0.3) is 0 Å². The number of nitrogens with zero attached hydrogens (tertiary/aromatic N) is 1. The molecule has 1 N–H and O–H groups in total. The molecule has 2 fully saturated rings. The summed E-state index contributed by atoms with van der Waals surface area (Å²) in [6, 6.07) is -0.448. The fraction of sp³-hybridized carbons (Fsp3) is 0.750. The van der Waals surface area contributed by atoms with E-state index in [0.717, 1.165) is 30.6 Å². The number of imide groups is 1. The zero-order valence-corrected chi connectivity index (χ0v) is 10.1. The van der Waals surface area contributed by atoms with Gasteiger partial charge in [-0.1, -0.05) is 12.8 Å². The first-order chi connectivity index (χ1) is 8.09. The lowest BCUT2D eigenvalue weighted by Crippen LogP contribution is -2.49. The van der Waals surface area contributed by atoms with Gasteiger partial charge in [0.05, 0.1) is 0 Å². The Morgan fingerprint density at radius 1 is 1.24 bits per heavy atom. The number of carbonyl (C=O) groups is 3. The first kappa shape index (κ1) is 12.1. The summed E-state index contributed by atoms with van der Waals surface area (Å²) in [5, 5.41) is 2.91. The Balaban J connectivity index is 1.94. The lowest BCUT2D eigenvalue weighted by Gasteiger charge is -2.23. The summed E-state index contributed by atoms with van der Waals surface area (Å²) < 4.78 is 0. The molecule has 1 heterocycles. The number of amides is 3. The molecule has 94 valence electrons. The number of nitrogens with one attached hydrogen (secondary N) is 1. The van der Waals surface area contributed by atoms with Gasteiger partial charge in [0.15, 0.2) is 0 Å². The topological polar surface area (TPSA) is 66.5 Å². The third kappa shape index (κ3) is 2.48. The standard InChI is InChI=1S/C12H18N2O3/c1-8(14-10(15)6-7-11(14)16)12(17)13-9-4-2-3-5-9/h8-9H,2-7H2,1H3,(H,13,17)/t8-/m0/s1. The molecular formula is C12H18N2O3. The highest BCUT2D eigenvalue weighted by molar-refractivity contribution is 6.05. The zero-order chi connectivity index (χ0) is 12.4. The van der Waals surface area contributed by atoms with Crippen molar-refractivity contribution in [3.63, 3.8) is 0 Å². The van der Waals surface area contributed by atoms with E-state index in [1.165, 1.54) is 0 Å². The van der Waals surface area contributed by atoms with E-state index >= 15 is 0 Å². The quantitative estimate of drug-likeness (QED) is 0.731. The maximum Gasteiger partial charge on any atom is 0.243 e. The van der Waals surface area contributed by atoms with Gasteiger partial charge in [0.25, 0.3) is 0 Å². The number of likely N-dealkylation sites (tertiary alicyclic amines) is 1. The van der Waals surface area contributed by atoms with Crippen molar-refractivity contribution in [1.29, 1.82) is 0 Å². The van der Waals surface area contributed by atoms with Gasteiger partial charge in [-0.15, -0.1) is 0 Å². The van der Waals surface area contributed by atoms with Crippen molar-refractivity contribution >= 4 is 17.7 Å². The smallest absolute Gasteiger partial charge is 0.243 e. The predicted octanol–water partition coefficient (Wildman–Crippen LogP) is 0.583. The number of hydrogen-bond donors (Lipinski definition) is 1. The van der Waals surface area contributed by atoms with Crippen LogP contribution in [0.2, 0.25) is 0 Å². The zero-order valence-electron chi connectivity index (χ0n) is 10.1. The molecule has 0 unspecified atom stereocenters. The van der Waals surface area contributed by atoms with Gasteiger partial charge in [-0.05, 0) is 19.8 Å². The highest BCUT2D eigenvalue weighted by atomic mass is 16.2. The molecule has 5 heteroatoms. The van der Waals surface area contributed by atoms with Crippen LogP contribution in [0.15, 0.2) is 0 Å². The third-order valence-electron chi connectivity index (χ3n) is 3.56. The summed E-state index contributed by atoms with van der Waals surface area (Å²) in [5.41, 5.74) is 0. The Kier molecular flexibility index (Phi) is 3.45. The maximum atomic E-state index is 11.9. The lowest BCUT2D eigenvalue weighted by molar-refractivity contribution is -0.146. The third-order valence-corrected chi connectivity index (χ3v) is 3.56. The van der Waals surface area contributed by atoms with E-state index in [-0.39, 0.29) is 36.6 Å². The summed E-state index contributed by atoms with van der Waals surface area (Å²) in [6.45, 7) is 1.62. The molecule has 1 aliphatic heterocycles. The van der Waals surface area contributed by atoms with Crippen LogP contribution in [0.5, 0.6) is 0 Å². The largest absolute Gasteiger partial charge is 0.352 e. The fourth-order valence-corrected chi connectivity index (χ4v) is 2.54. The highest BCUT2D eigenvalue weighted by Crippen LogP contribution is 2.19. The first-order valence-corrected chi connectivity index (χ1v) is 6.25. The molecule has 17 heavy (non-hydrogen) atoms. The van der Waals surface area contributed by atoms with Gasteiger partial charge in [-0.2, -0.15) is 0 Å². The SMILES string of the molecule is C[C@@H](C(=O)NC1CCCC1)N1C(=O)CCC1=O. The highest BCUT2D eigenvalue weighted by Gasteiger charge is 2.36. The second kappa shape index (κ2) is 4.85. The fourth-order valence-electron chi connectivity index (χ4n) is 2.54. The van der Waals surface area contributed by atoms with Crippen LogP contribution in [0.4, 0.5) is 0 Å². The van der Waals surface area contributed by atoms with Gasteiger partial charge in [0.2, 0.25) is 17.7 Å². The molecule has 1 atom stereocenters. The number of rotatable bonds is 3. The van der Waals surface area contributed by atoms with Crippen molar-refractivity contribution in [2.24, 2.45) is 0 Å². The molecule has 0 aromatic carbocycles. The van der Waals surface area contributed by atoms with Crippen molar-refractivity contribution in [3.8, 4) is 0 Å². The summed E-state index contributed by atoms with van der Waals surface area (Å²) in [7, 11) is 0. The van der Waals surface area contributed by atoms with Crippen molar-refractivity contribution in [2.75, 3.05) is 0 Å². The van der Waals surface area contributed by atoms with Crippen LogP contribution in [0, 0.1) is 0 Å². The van der Waals surface area contributed by atoms with Gasteiger partial charge in [-0.3, -0.25) is 19.3 Å². The van der Waals surface area contributed by atoms with E-state index in [0.29, 0.717) is 0 Å². The molecule has 1 saturated heterocycles. The van der Waals surface area contributed by atoms with E-state index < -0.39 is 6.04 Å². The van der Waals surface area contributed by atoms with Crippen LogP contribution in [-0.4, -0.2) is 34.7 Å². The summed E-state index contributed by atoms with van der Waals surface area (Å²) in [6.07, 6.45) is 4.75. The van der Waals surface area contributed by atoms with Gasteiger partial charge < -0.3 is 5.32 Å². The lowest BCUT2D eigenvalue weighted by atomic mass is 10.2. The minimum absolute atomic E-state index is 0.208. The van der Waals surface area contributed by atoms with Gasteiger partial charge in [0.1, 0.15) is 6.04 Å². The van der Waals surface area contributed by atoms with Crippen LogP contribution < -0.4 is 5.32 Å². The molecular weight excluding hydrogens is 220 g/mol. The number of hydrogen-bond acceptors (Lipinski definition) is 3. The Labute approximate surface area is 101 Å². The molecule has 0 aromatic rings. The second-order valence-corrected chi connectivity index (χ2v) is 4.82. The monoisotopic (exact) mass is 238 g/mol. The number of carbonyl (C=O) groups excluding carboxylic acids is 3. The maximum absolute atomic E-state index is 11.9. The van der Waals surface area contributed by atoms with Gasteiger partial charge >= 0.3 is 0 Å². The molecule has 0 spiro atoms. The molecule has 1 aliphatic carbocycles. The molecule has 3 amide bonds. The van der Waals surface area contributed by atoms with E-state index in [1.807, 2.05) is 0 Å². The average Bonchev–Trinajstić information content (AvgIpc) is 2.89. The van der Waals surface area contributed by atoms with Gasteiger partial charge in [-0.25, -0.2) is 0 Å². The van der Waals surface area contributed by atoms with Crippen LogP contribution in [-0.2, 0) is 14.4 Å². The average molecular weight is 238 g/mol. The minimum atomic E-state index is -0.668. The van der Waals surface area contributed by atoms with E-state index in [2.05, 4.69) is 5.32 Å². The van der Waals surface area contributed by atoms with E-state index in [4.69, 9.17) is 0 Å². The van der Waals surface area contributed by atoms with Crippen LogP contribution in [0.3, 0.4) is 0 Å². The predicted molar refractivity (Wildman–Crippen MR) is 60.9 cm³/mol. The molecule has 0 radical (unpaired) electrons. The molecule has 5 nitrogen and oxygen atoms in total. The van der Waals surface area contributed by atoms with E-state index in [9.17, 15) is 14.4 Å². The summed E-state index contributed by atoms with van der Waals surface area (Å²) in [5.74, 6) is -0.673. The summed E-state index contributed by atoms with van der Waals surface area (Å²) in [4.78, 5) is 36.0.